The smallest absolute Gasteiger partial charge is 0.337 e. The van der Waals surface area contributed by atoms with Crippen molar-refractivity contribution in [2.75, 3.05) is 7.11 Å². The molecule has 1 heterocycles. The minimum absolute atomic E-state index is 0.0694. The zero-order valence-corrected chi connectivity index (χ0v) is 14.9. The molecule has 1 rings (SSSR count). The van der Waals surface area contributed by atoms with E-state index in [1.165, 1.54) is 13.5 Å². The maximum absolute atomic E-state index is 12.2. The largest absolute Gasteiger partial charge is 0.467 e. The van der Waals surface area contributed by atoms with Gasteiger partial charge in [-0.25, -0.2) is 4.79 Å². The van der Waals surface area contributed by atoms with Crippen LogP contribution in [0.3, 0.4) is 0 Å². The number of esters is 1. The second-order valence-corrected chi connectivity index (χ2v) is 7.40. The molecule has 0 spiro atoms. The Morgan fingerprint density at radius 3 is 1.95 bits per heavy atom. The Hall–Kier alpha value is -0.610. The monoisotopic (exact) mass is 299 g/mol. The molecule has 1 fully saturated rings. The minimum atomic E-state index is -0.512. The number of piperidine rings is 1. The molecule has 0 bridgehead atoms. The number of hydroxylamine groups is 2. The first-order chi connectivity index (χ1) is 9.69. The van der Waals surface area contributed by atoms with E-state index in [1.807, 2.05) is 0 Å². The minimum Gasteiger partial charge on any atom is -0.467 e. The Bertz CT molecular complexity index is 332. The number of nitrogens with zero attached hydrogens (tertiary/aromatic N) is 1. The average Bonchev–Trinajstić information content (AvgIpc) is 2.40. The molecule has 1 unspecified atom stereocenters. The van der Waals surface area contributed by atoms with Crippen molar-refractivity contribution in [1.82, 2.24) is 5.06 Å². The number of carbonyl (C=O) groups excluding carboxylic acids is 1. The Kier molecular flexibility index (Phi) is 6.23. The van der Waals surface area contributed by atoms with Crippen LogP contribution in [-0.2, 0) is 14.4 Å². The van der Waals surface area contributed by atoms with Gasteiger partial charge >= 0.3 is 5.97 Å². The third-order valence-corrected chi connectivity index (χ3v) is 4.81. The fraction of sp³-hybridized carbons (Fsp3) is 0.941. The SMILES string of the molecule is CCC(CC)C(ON1C(C)(C)CCCC1(C)C)C(=O)OC. The van der Waals surface area contributed by atoms with Crippen LogP contribution in [0.25, 0.3) is 0 Å². The standard InChI is InChI=1S/C17H33NO3/c1-8-13(9-2)14(15(19)20-7)21-18-16(3,4)11-10-12-17(18,5)6/h13-14H,8-12H2,1-7H3. The Morgan fingerprint density at radius 2 is 1.57 bits per heavy atom. The van der Waals surface area contributed by atoms with Crippen LogP contribution in [-0.4, -0.2) is 35.3 Å². The lowest BCUT2D eigenvalue weighted by molar-refractivity contribution is -0.309. The highest BCUT2D eigenvalue weighted by atomic mass is 16.7. The second kappa shape index (κ2) is 7.10. The topological polar surface area (TPSA) is 38.8 Å². The van der Waals surface area contributed by atoms with E-state index in [-0.39, 0.29) is 23.0 Å². The van der Waals surface area contributed by atoms with Crippen molar-refractivity contribution in [3.05, 3.63) is 0 Å². The van der Waals surface area contributed by atoms with Crippen molar-refractivity contribution >= 4 is 5.97 Å². The first-order valence-electron chi connectivity index (χ1n) is 8.24. The van der Waals surface area contributed by atoms with Crippen LogP contribution in [0.4, 0.5) is 0 Å². The van der Waals surface area contributed by atoms with E-state index in [4.69, 9.17) is 9.57 Å². The van der Waals surface area contributed by atoms with Crippen LogP contribution in [0.15, 0.2) is 0 Å². The van der Waals surface area contributed by atoms with Crippen molar-refractivity contribution in [3.8, 4) is 0 Å². The highest BCUT2D eigenvalue weighted by Crippen LogP contribution is 2.39. The van der Waals surface area contributed by atoms with E-state index in [1.54, 1.807) is 0 Å². The zero-order valence-electron chi connectivity index (χ0n) is 14.9. The lowest BCUT2D eigenvalue weighted by atomic mass is 9.82. The maximum atomic E-state index is 12.2. The molecule has 0 aromatic rings. The molecule has 0 saturated carbocycles. The summed E-state index contributed by atoms with van der Waals surface area (Å²) < 4.78 is 4.98. The first-order valence-corrected chi connectivity index (χ1v) is 8.24. The Morgan fingerprint density at radius 1 is 1.10 bits per heavy atom. The predicted molar refractivity (Wildman–Crippen MR) is 84.8 cm³/mol. The van der Waals surface area contributed by atoms with Gasteiger partial charge in [0.15, 0.2) is 6.10 Å². The van der Waals surface area contributed by atoms with Crippen LogP contribution in [0.5, 0.6) is 0 Å². The predicted octanol–water partition coefficient (Wildman–Crippen LogP) is 3.94. The first kappa shape index (κ1) is 18.4. The van der Waals surface area contributed by atoms with E-state index in [2.05, 4.69) is 46.6 Å². The fourth-order valence-electron chi connectivity index (χ4n) is 3.53. The van der Waals surface area contributed by atoms with Gasteiger partial charge in [0, 0.05) is 11.1 Å². The number of rotatable bonds is 6. The van der Waals surface area contributed by atoms with Crippen molar-refractivity contribution in [3.63, 3.8) is 0 Å². The molecule has 124 valence electrons. The molecule has 4 nitrogen and oxygen atoms in total. The molecular weight excluding hydrogens is 266 g/mol. The molecule has 4 heteroatoms. The van der Waals surface area contributed by atoms with Crippen LogP contribution in [0.1, 0.15) is 73.6 Å². The molecule has 1 atom stereocenters. The summed E-state index contributed by atoms with van der Waals surface area (Å²) in [7, 11) is 1.44. The van der Waals surface area contributed by atoms with Gasteiger partial charge in [0.05, 0.1) is 7.11 Å². The van der Waals surface area contributed by atoms with Gasteiger partial charge in [0.2, 0.25) is 0 Å². The average molecular weight is 299 g/mol. The zero-order chi connectivity index (χ0) is 16.3. The molecule has 0 radical (unpaired) electrons. The number of methoxy groups -OCH3 is 1. The summed E-state index contributed by atoms with van der Waals surface area (Å²) in [6, 6.07) is 0. The van der Waals surface area contributed by atoms with Crippen LogP contribution >= 0.6 is 0 Å². The van der Waals surface area contributed by atoms with Gasteiger partial charge in [-0.15, -0.1) is 0 Å². The summed E-state index contributed by atoms with van der Waals surface area (Å²) in [4.78, 5) is 18.5. The van der Waals surface area contributed by atoms with Crippen LogP contribution in [0.2, 0.25) is 0 Å². The Balaban J connectivity index is 3.01. The molecule has 21 heavy (non-hydrogen) atoms. The molecule has 0 N–H and O–H groups in total. The molecule has 0 amide bonds. The van der Waals surface area contributed by atoms with E-state index in [0.29, 0.717) is 0 Å². The molecule has 0 aromatic carbocycles. The van der Waals surface area contributed by atoms with Gasteiger partial charge in [-0.3, -0.25) is 4.84 Å². The highest BCUT2D eigenvalue weighted by Gasteiger charge is 2.45. The molecule has 1 aliphatic rings. The summed E-state index contributed by atoms with van der Waals surface area (Å²) in [5.74, 6) is -0.0770. The molecule has 1 saturated heterocycles. The Labute approximate surface area is 130 Å². The van der Waals surface area contributed by atoms with Gasteiger partial charge in [0.1, 0.15) is 0 Å². The van der Waals surface area contributed by atoms with Crippen molar-refractivity contribution in [2.45, 2.75) is 90.8 Å². The number of carbonyl (C=O) groups is 1. The van der Waals surface area contributed by atoms with Gasteiger partial charge in [-0.05, 0) is 52.9 Å². The summed E-state index contributed by atoms with van der Waals surface area (Å²) in [5, 5.41) is 2.06. The third kappa shape index (κ3) is 4.19. The van der Waals surface area contributed by atoms with Gasteiger partial charge in [0.25, 0.3) is 0 Å². The molecule has 0 aromatic heterocycles. The quantitative estimate of drug-likeness (QED) is 0.696. The number of hydrogen-bond donors (Lipinski definition) is 0. The van der Waals surface area contributed by atoms with E-state index < -0.39 is 6.10 Å². The fourth-order valence-corrected chi connectivity index (χ4v) is 3.53. The number of hydrogen-bond acceptors (Lipinski definition) is 4. The highest BCUT2D eigenvalue weighted by molar-refractivity contribution is 5.74. The maximum Gasteiger partial charge on any atom is 0.337 e. The number of ether oxygens (including phenoxy) is 1. The van der Waals surface area contributed by atoms with E-state index in [0.717, 1.165) is 25.7 Å². The summed E-state index contributed by atoms with van der Waals surface area (Å²) in [6.07, 6.45) is 4.64. The van der Waals surface area contributed by atoms with Gasteiger partial charge in [-0.1, -0.05) is 26.7 Å². The lowest BCUT2D eigenvalue weighted by Gasteiger charge is -2.52. The molecule has 0 aliphatic carbocycles. The van der Waals surface area contributed by atoms with Crippen LogP contribution in [0, 0.1) is 5.92 Å². The van der Waals surface area contributed by atoms with Gasteiger partial charge < -0.3 is 4.74 Å². The molecule has 1 aliphatic heterocycles. The van der Waals surface area contributed by atoms with Crippen LogP contribution < -0.4 is 0 Å². The van der Waals surface area contributed by atoms with Crippen molar-refractivity contribution in [1.29, 1.82) is 0 Å². The van der Waals surface area contributed by atoms with Gasteiger partial charge in [-0.2, -0.15) is 5.06 Å². The summed E-state index contributed by atoms with van der Waals surface area (Å²) >= 11 is 0. The van der Waals surface area contributed by atoms with E-state index >= 15 is 0 Å². The van der Waals surface area contributed by atoms with E-state index in [9.17, 15) is 4.79 Å². The van der Waals surface area contributed by atoms with Crippen molar-refractivity contribution in [2.24, 2.45) is 5.92 Å². The van der Waals surface area contributed by atoms with Crippen molar-refractivity contribution < 1.29 is 14.4 Å². The summed E-state index contributed by atoms with van der Waals surface area (Å²) in [6.45, 7) is 13.0. The summed E-state index contributed by atoms with van der Waals surface area (Å²) in [5.41, 5.74) is -0.139. The normalized spacial score (nSPS) is 23.0. The second-order valence-electron chi connectivity index (χ2n) is 7.40. The third-order valence-electron chi connectivity index (χ3n) is 4.81. The lowest BCUT2D eigenvalue weighted by Crippen LogP contribution is -2.60. The molecular formula is C17H33NO3.